The van der Waals surface area contributed by atoms with Crippen LogP contribution in [0.5, 0.6) is 11.5 Å². The Hall–Kier alpha value is -2.82. The fraction of sp³-hybridized carbons (Fsp3) is 0.333. The van der Waals surface area contributed by atoms with Crippen molar-refractivity contribution in [3.05, 3.63) is 58.1 Å². The molecule has 1 aliphatic heterocycles. The highest BCUT2D eigenvalue weighted by Gasteiger charge is 2.45. The SMILES string of the molecule is Cc1cc(O)c2c(c1)C(=O)c1cccc(O[C@H]3O[C@H](CO)[C@@H](O)[C@H](O)[C@H]3O)c1C2=O. The maximum absolute atomic E-state index is 13.1. The lowest BCUT2D eigenvalue weighted by molar-refractivity contribution is -0.277. The van der Waals surface area contributed by atoms with E-state index in [1.807, 2.05) is 0 Å². The van der Waals surface area contributed by atoms with Gasteiger partial charge in [-0.2, -0.15) is 0 Å². The van der Waals surface area contributed by atoms with E-state index >= 15 is 0 Å². The lowest BCUT2D eigenvalue weighted by atomic mass is 9.82. The van der Waals surface area contributed by atoms with Crippen molar-refractivity contribution in [1.82, 2.24) is 0 Å². The number of phenolic OH excluding ortho intramolecular Hbond substituents is 1. The van der Waals surface area contributed by atoms with Gasteiger partial charge in [-0.05, 0) is 30.7 Å². The van der Waals surface area contributed by atoms with Gasteiger partial charge in [-0.3, -0.25) is 9.59 Å². The second kappa shape index (κ2) is 7.46. The molecule has 1 fully saturated rings. The predicted octanol–water partition coefficient (Wildman–Crippen LogP) is -0.345. The number of carbonyl (C=O) groups is 2. The van der Waals surface area contributed by atoms with E-state index in [0.717, 1.165) is 0 Å². The quantitative estimate of drug-likeness (QED) is 0.386. The van der Waals surface area contributed by atoms with Crippen molar-refractivity contribution >= 4 is 11.6 Å². The number of benzene rings is 2. The number of aliphatic hydroxyl groups excluding tert-OH is 4. The highest BCUT2D eigenvalue weighted by Crippen LogP contribution is 2.38. The molecular weight excluding hydrogens is 396 g/mol. The molecule has 158 valence electrons. The van der Waals surface area contributed by atoms with Crippen LogP contribution in [-0.2, 0) is 4.74 Å². The number of ketones is 2. The summed E-state index contributed by atoms with van der Waals surface area (Å²) in [6.07, 6.45) is -7.63. The largest absolute Gasteiger partial charge is 0.507 e. The van der Waals surface area contributed by atoms with Gasteiger partial charge in [-0.1, -0.05) is 12.1 Å². The lowest BCUT2D eigenvalue weighted by Crippen LogP contribution is -2.60. The zero-order chi connectivity index (χ0) is 21.7. The van der Waals surface area contributed by atoms with Crippen LogP contribution in [0.15, 0.2) is 30.3 Å². The predicted molar refractivity (Wildman–Crippen MR) is 101 cm³/mol. The van der Waals surface area contributed by atoms with Gasteiger partial charge in [-0.25, -0.2) is 0 Å². The molecule has 2 aromatic carbocycles. The number of aryl methyl sites for hydroxylation is 1. The summed E-state index contributed by atoms with van der Waals surface area (Å²) in [6, 6.07) is 7.18. The van der Waals surface area contributed by atoms with E-state index in [4.69, 9.17) is 9.47 Å². The molecule has 5 N–H and O–H groups in total. The zero-order valence-electron chi connectivity index (χ0n) is 15.8. The molecule has 9 heteroatoms. The van der Waals surface area contributed by atoms with Crippen LogP contribution in [0.25, 0.3) is 0 Å². The van der Waals surface area contributed by atoms with E-state index in [1.54, 1.807) is 6.92 Å². The first-order valence-electron chi connectivity index (χ1n) is 9.27. The number of hydrogen-bond acceptors (Lipinski definition) is 9. The van der Waals surface area contributed by atoms with Crippen LogP contribution in [0.1, 0.15) is 37.4 Å². The number of hydrogen-bond donors (Lipinski definition) is 5. The van der Waals surface area contributed by atoms with Crippen LogP contribution in [0.4, 0.5) is 0 Å². The minimum atomic E-state index is -1.68. The highest BCUT2D eigenvalue weighted by molar-refractivity contribution is 6.30. The van der Waals surface area contributed by atoms with E-state index in [9.17, 15) is 35.1 Å². The minimum Gasteiger partial charge on any atom is -0.507 e. The Labute approximate surface area is 170 Å². The van der Waals surface area contributed by atoms with Crippen LogP contribution in [-0.4, -0.2) is 74.4 Å². The van der Waals surface area contributed by atoms with Gasteiger partial charge >= 0.3 is 0 Å². The first kappa shape index (κ1) is 20.5. The molecule has 0 unspecified atom stereocenters. The summed E-state index contributed by atoms with van der Waals surface area (Å²) >= 11 is 0. The summed E-state index contributed by atoms with van der Waals surface area (Å²) in [5.74, 6) is -1.56. The average molecular weight is 416 g/mol. The van der Waals surface area contributed by atoms with Gasteiger partial charge < -0.3 is 35.0 Å². The van der Waals surface area contributed by atoms with Crippen LogP contribution < -0.4 is 4.74 Å². The molecule has 2 aromatic rings. The summed E-state index contributed by atoms with van der Waals surface area (Å²) in [5, 5.41) is 49.6. The van der Waals surface area contributed by atoms with E-state index in [-0.39, 0.29) is 33.8 Å². The molecule has 9 nitrogen and oxygen atoms in total. The molecule has 0 spiro atoms. The Kier molecular flexibility index (Phi) is 5.08. The van der Waals surface area contributed by atoms with Crippen molar-refractivity contribution in [3.63, 3.8) is 0 Å². The summed E-state index contributed by atoms with van der Waals surface area (Å²) in [4.78, 5) is 26.1. The summed E-state index contributed by atoms with van der Waals surface area (Å²) in [5.41, 5.74) is 0.480. The third-order valence-electron chi connectivity index (χ3n) is 5.32. The monoisotopic (exact) mass is 416 g/mol. The first-order valence-corrected chi connectivity index (χ1v) is 9.27. The molecule has 2 aliphatic rings. The van der Waals surface area contributed by atoms with Crippen molar-refractivity contribution in [2.75, 3.05) is 6.61 Å². The topological polar surface area (TPSA) is 154 Å². The van der Waals surface area contributed by atoms with Crippen LogP contribution >= 0.6 is 0 Å². The standard InChI is InChI=1S/C21H20O9/c1-8-5-10-14(11(23)6-8)18(26)15-9(16(10)24)3-2-4-12(15)29-21-20(28)19(27)17(25)13(7-22)30-21/h2-6,13,17,19-23,25,27-28H,7H2,1H3/t13-,17-,19+,20-,21+/m1/s1. The molecule has 0 aromatic heterocycles. The maximum Gasteiger partial charge on any atom is 0.229 e. The van der Waals surface area contributed by atoms with Crippen molar-refractivity contribution in [3.8, 4) is 11.5 Å². The number of phenols is 1. The smallest absolute Gasteiger partial charge is 0.229 e. The fourth-order valence-corrected chi connectivity index (χ4v) is 3.80. The van der Waals surface area contributed by atoms with Gasteiger partial charge in [0, 0.05) is 11.1 Å². The Morgan fingerprint density at radius 1 is 0.967 bits per heavy atom. The van der Waals surface area contributed by atoms with E-state index in [0.29, 0.717) is 5.56 Å². The van der Waals surface area contributed by atoms with Crippen LogP contribution in [0, 0.1) is 6.92 Å². The van der Waals surface area contributed by atoms with Gasteiger partial charge in [0.25, 0.3) is 0 Å². The second-order valence-electron chi connectivity index (χ2n) is 7.36. The van der Waals surface area contributed by atoms with Gasteiger partial charge in [0.05, 0.1) is 17.7 Å². The van der Waals surface area contributed by atoms with Crippen molar-refractivity contribution in [2.24, 2.45) is 0 Å². The molecule has 4 rings (SSSR count). The molecule has 5 atom stereocenters. The van der Waals surface area contributed by atoms with Gasteiger partial charge in [-0.15, -0.1) is 0 Å². The Balaban J connectivity index is 1.75. The lowest BCUT2D eigenvalue weighted by Gasteiger charge is -2.39. The third kappa shape index (κ3) is 3.08. The molecule has 1 saturated heterocycles. The third-order valence-corrected chi connectivity index (χ3v) is 5.32. The molecule has 0 amide bonds. The van der Waals surface area contributed by atoms with Crippen molar-refractivity contribution in [2.45, 2.75) is 37.6 Å². The molecule has 0 bridgehead atoms. The Morgan fingerprint density at radius 2 is 1.70 bits per heavy atom. The van der Waals surface area contributed by atoms with Crippen LogP contribution in [0.3, 0.4) is 0 Å². The maximum atomic E-state index is 13.1. The number of ether oxygens (including phenoxy) is 2. The molecule has 0 saturated carbocycles. The van der Waals surface area contributed by atoms with E-state index in [1.165, 1.54) is 30.3 Å². The normalized spacial score (nSPS) is 28.1. The highest BCUT2D eigenvalue weighted by atomic mass is 16.7. The van der Waals surface area contributed by atoms with Crippen LogP contribution in [0.2, 0.25) is 0 Å². The Morgan fingerprint density at radius 3 is 2.40 bits per heavy atom. The number of fused-ring (bicyclic) bond motifs is 2. The van der Waals surface area contributed by atoms with Gasteiger partial charge in [0.2, 0.25) is 12.1 Å². The first-order chi connectivity index (χ1) is 14.2. The Bertz CT molecular complexity index is 1030. The van der Waals surface area contributed by atoms with Gasteiger partial charge in [0.15, 0.2) is 5.78 Å². The van der Waals surface area contributed by atoms with Crippen molar-refractivity contribution in [1.29, 1.82) is 0 Å². The van der Waals surface area contributed by atoms with E-state index < -0.39 is 48.9 Å². The summed E-state index contributed by atoms with van der Waals surface area (Å²) in [6.45, 7) is 1.04. The minimum absolute atomic E-state index is 0.0552. The second-order valence-corrected chi connectivity index (χ2v) is 7.36. The zero-order valence-corrected chi connectivity index (χ0v) is 15.8. The summed E-state index contributed by atoms with van der Waals surface area (Å²) in [7, 11) is 0. The number of aromatic hydroxyl groups is 1. The van der Waals surface area contributed by atoms with Gasteiger partial charge in [0.1, 0.15) is 35.9 Å². The average Bonchev–Trinajstić information content (AvgIpc) is 2.71. The molecule has 30 heavy (non-hydrogen) atoms. The fourth-order valence-electron chi connectivity index (χ4n) is 3.80. The molecule has 1 heterocycles. The van der Waals surface area contributed by atoms with Crippen molar-refractivity contribution < 1.29 is 44.6 Å². The summed E-state index contributed by atoms with van der Waals surface area (Å²) < 4.78 is 10.9. The molecular formula is C21H20O9. The van der Waals surface area contributed by atoms with E-state index in [2.05, 4.69) is 0 Å². The molecule has 1 aliphatic carbocycles. The number of carbonyl (C=O) groups excluding carboxylic acids is 2. The molecule has 0 radical (unpaired) electrons. The number of rotatable bonds is 3. The number of aliphatic hydroxyl groups is 4.